The summed E-state index contributed by atoms with van der Waals surface area (Å²) in [6, 6.07) is 27.7. The van der Waals surface area contributed by atoms with Crippen LogP contribution in [-0.4, -0.2) is 16.0 Å². The number of aliphatic hydroxyl groups excluding tert-OH is 2. The number of rotatable bonds is 6. The second-order valence-corrected chi connectivity index (χ2v) is 14.8. The minimum Gasteiger partial charge on any atom is -0.457 e. The molecule has 15 heteroatoms. The monoisotopic (exact) mass is 904 g/mol. The summed E-state index contributed by atoms with van der Waals surface area (Å²) in [7, 11) is 0. The molecule has 9 rings (SSSR count). The highest BCUT2D eigenvalue weighted by atomic mass is 19.1. The Labute approximate surface area is 369 Å². The lowest BCUT2D eigenvalue weighted by atomic mass is 10.00. The van der Waals surface area contributed by atoms with Crippen molar-refractivity contribution < 1.29 is 54.6 Å². The Morgan fingerprint density at radius 3 is 1.08 bits per heavy atom. The SMILES string of the molecule is CC(=O)c1oc2cccc(F)c2c(=O)c1-c1cccc(F)c1.CC(O)c1oc2cccc(F)c2c(=O)c1-c1cccc(F)c1.C[C@@H](O)c1oc2cccc(F)c2c(=O)c1-c1cccc(F)c1. The Morgan fingerprint density at radius 2 is 0.758 bits per heavy atom. The molecule has 0 fully saturated rings. The fourth-order valence-corrected chi connectivity index (χ4v) is 7.21. The molecule has 2 atom stereocenters. The van der Waals surface area contributed by atoms with Crippen LogP contribution in [0.3, 0.4) is 0 Å². The fraction of sp³-hybridized carbons (Fsp3) is 0.0980. The first-order valence-electron chi connectivity index (χ1n) is 19.9. The Balaban J connectivity index is 0.000000147. The van der Waals surface area contributed by atoms with E-state index in [1.165, 1.54) is 112 Å². The van der Waals surface area contributed by atoms with Crippen LogP contribution in [0.1, 0.15) is 55.1 Å². The van der Waals surface area contributed by atoms with Crippen molar-refractivity contribution in [2.45, 2.75) is 33.0 Å². The second-order valence-electron chi connectivity index (χ2n) is 14.8. The number of Topliss-reactive ketones (excluding diaryl/α,β-unsaturated/α-hetero) is 1. The van der Waals surface area contributed by atoms with Crippen molar-refractivity contribution in [1.29, 1.82) is 0 Å². The lowest BCUT2D eigenvalue weighted by Gasteiger charge is -2.12. The molecular weight excluding hydrogens is 871 g/mol. The Kier molecular flexibility index (Phi) is 13.3. The maximum absolute atomic E-state index is 14.0. The largest absolute Gasteiger partial charge is 0.457 e. The standard InChI is InChI=1S/2C17H12F2O3.C17H10F2O3/c3*1-9(20)17-14(10-4-2-5-11(18)8-10)16(21)15-12(19)6-3-7-13(15)22-17/h2*2-9,20H,1H3;2-8H,1H3/t9-;;/m1../s1. The van der Waals surface area contributed by atoms with Crippen LogP contribution < -0.4 is 16.3 Å². The number of carbonyl (C=O) groups is 1. The summed E-state index contributed by atoms with van der Waals surface area (Å²) >= 11 is 0. The van der Waals surface area contributed by atoms with E-state index in [-0.39, 0.29) is 83.6 Å². The van der Waals surface area contributed by atoms with Crippen molar-refractivity contribution in [2.75, 3.05) is 0 Å². The highest BCUT2D eigenvalue weighted by Gasteiger charge is 2.24. The summed E-state index contributed by atoms with van der Waals surface area (Å²) in [5.41, 5.74) is -1.48. The first-order valence-corrected chi connectivity index (χ1v) is 19.9. The van der Waals surface area contributed by atoms with E-state index in [1.807, 2.05) is 0 Å². The zero-order valence-electron chi connectivity index (χ0n) is 34.8. The third-order valence-corrected chi connectivity index (χ3v) is 10.1. The van der Waals surface area contributed by atoms with Crippen molar-refractivity contribution in [1.82, 2.24) is 0 Å². The van der Waals surface area contributed by atoms with Crippen molar-refractivity contribution in [3.05, 3.63) is 210 Å². The van der Waals surface area contributed by atoms with Crippen molar-refractivity contribution >= 4 is 38.7 Å². The molecule has 0 aliphatic heterocycles. The molecule has 3 aromatic heterocycles. The van der Waals surface area contributed by atoms with Gasteiger partial charge < -0.3 is 23.5 Å². The molecule has 6 aromatic carbocycles. The summed E-state index contributed by atoms with van der Waals surface area (Å²) in [6.07, 6.45) is -2.20. The lowest BCUT2D eigenvalue weighted by molar-refractivity contribution is 0.0988. The topological polar surface area (TPSA) is 148 Å². The molecule has 3 heterocycles. The van der Waals surface area contributed by atoms with Gasteiger partial charge in [0, 0.05) is 6.92 Å². The maximum atomic E-state index is 14.0. The summed E-state index contributed by atoms with van der Waals surface area (Å²) in [5.74, 6) is -4.59. The van der Waals surface area contributed by atoms with Crippen LogP contribution in [0.2, 0.25) is 0 Å². The van der Waals surface area contributed by atoms with Gasteiger partial charge in [0.1, 0.15) is 91.5 Å². The van der Waals surface area contributed by atoms with Gasteiger partial charge in [0.2, 0.25) is 16.3 Å². The van der Waals surface area contributed by atoms with Gasteiger partial charge in [0.15, 0.2) is 11.5 Å². The lowest BCUT2D eigenvalue weighted by Crippen LogP contribution is -2.12. The second kappa shape index (κ2) is 19.1. The number of halogens is 6. The summed E-state index contributed by atoms with van der Waals surface area (Å²) in [6.45, 7) is 4.07. The maximum Gasteiger partial charge on any atom is 0.204 e. The molecule has 0 amide bonds. The molecule has 0 aliphatic rings. The smallest absolute Gasteiger partial charge is 0.204 e. The molecule has 0 saturated heterocycles. The molecular formula is C51H34F6O9. The molecule has 2 N–H and O–H groups in total. The zero-order chi connectivity index (χ0) is 47.6. The third-order valence-electron chi connectivity index (χ3n) is 10.1. The van der Waals surface area contributed by atoms with E-state index in [4.69, 9.17) is 13.3 Å². The molecule has 0 bridgehead atoms. The van der Waals surface area contributed by atoms with Crippen LogP contribution in [0.5, 0.6) is 0 Å². The number of ketones is 1. The minimum atomic E-state index is -1.10. The summed E-state index contributed by atoms with van der Waals surface area (Å²) in [5, 5.41) is 19.0. The average molecular weight is 905 g/mol. The Bertz CT molecular complexity index is 3370. The highest BCUT2D eigenvalue weighted by Crippen LogP contribution is 2.32. The Morgan fingerprint density at radius 1 is 0.455 bits per heavy atom. The molecule has 9 nitrogen and oxygen atoms in total. The number of hydrogen-bond acceptors (Lipinski definition) is 9. The van der Waals surface area contributed by atoms with Gasteiger partial charge in [-0.25, -0.2) is 26.3 Å². The van der Waals surface area contributed by atoms with E-state index in [0.29, 0.717) is 0 Å². The predicted molar refractivity (Wildman–Crippen MR) is 235 cm³/mol. The van der Waals surface area contributed by atoms with Gasteiger partial charge in [0.05, 0.1) is 16.7 Å². The van der Waals surface area contributed by atoms with Crippen molar-refractivity contribution in [2.24, 2.45) is 0 Å². The highest BCUT2D eigenvalue weighted by molar-refractivity contribution is 6.00. The molecule has 0 aliphatic carbocycles. The van der Waals surface area contributed by atoms with Crippen LogP contribution >= 0.6 is 0 Å². The molecule has 0 radical (unpaired) electrons. The number of benzene rings is 6. The van der Waals surface area contributed by atoms with E-state index >= 15 is 0 Å². The van der Waals surface area contributed by atoms with E-state index in [0.717, 1.165) is 36.4 Å². The first kappa shape index (κ1) is 46.1. The van der Waals surface area contributed by atoms with Crippen LogP contribution in [-0.2, 0) is 0 Å². The molecule has 334 valence electrons. The average Bonchev–Trinajstić information content (AvgIpc) is 3.26. The number of aliphatic hydroxyl groups is 2. The van der Waals surface area contributed by atoms with Gasteiger partial charge in [0.25, 0.3) is 0 Å². The summed E-state index contributed by atoms with van der Waals surface area (Å²) in [4.78, 5) is 49.7. The Hall–Kier alpha value is -7.88. The third kappa shape index (κ3) is 9.20. The van der Waals surface area contributed by atoms with E-state index in [1.54, 1.807) is 0 Å². The van der Waals surface area contributed by atoms with Crippen LogP contribution in [0.15, 0.2) is 155 Å². The normalized spacial score (nSPS) is 12.0. The van der Waals surface area contributed by atoms with Crippen molar-refractivity contribution in [3.63, 3.8) is 0 Å². The zero-order valence-corrected chi connectivity index (χ0v) is 34.8. The predicted octanol–water partition coefficient (Wildman–Crippen LogP) is 11.5. The van der Waals surface area contributed by atoms with E-state index < -0.39 is 69.2 Å². The van der Waals surface area contributed by atoms with Crippen LogP contribution in [0, 0.1) is 34.9 Å². The van der Waals surface area contributed by atoms with Gasteiger partial charge in [-0.05, 0) is 103 Å². The van der Waals surface area contributed by atoms with E-state index in [2.05, 4.69) is 0 Å². The quantitative estimate of drug-likeness (QED) is 0.123. The van der Waals surface area contributed by atoms with Crippen LogP contribution in [0.25, 0.3) is 66.3 Å². The van der Waals surface area contributed by atoms with Gasteiger partial charge in [-0.3, -0.25) is 19.2 Å². The van der Waals surface area contributed by atoms with Crippen molar-refractivity contribution in [3.8, 4) is 33.4 Å². The number of fused-ring (bicyclic) bond motifs is 3. The minimum absolute atomic E-state index is 0.0182. The van der Waals surface area contributed by atoms with Gasteiger partial charge in [-0.2, -0.15) is 0 Å². The molecule has 0 spiro atoms. The molecule has 9 aromatic rings. The molecule has 1 unspecified atom stereocenters. The van der Waals surface area contributed by atoms with Gasteiger partial charge in [-0.15, -0.1) is 0 Å². The molecule has 66 heavy (non-hydrogen) atoms. The number of carbonyl (C=O) groups excluding carboxylic acids is 1. The molecule has 0 saturated carbocycles. The first-order chi connectivity index (χ1) is 31.5. The van der Waals surface area contributed by atoms with Gasteiger partial charge >= 0.3 is 0 Å². The summed E-state index contributed by atoms with van der Waals surface area (Å²) < 4.78 is 98.5. The fourth-order valence-electron chi connectivity index (χ4n) is 7.21. The van der Waals surface area contributed by atoms with E-state index in [9.17, 15) is 55.7 Å². The number of hydrogen-bond donors (Lipinski definition) is 2. The van der Waals surface area contributed by atoms with Crippen LogP contribution in [0.4, 0.5) is 26.3 Å². The van der Waals surface area contributed by atoms with Gasteiger partial charge in [-0.1, -0.05) is 54.6 Å².